The Bertz CT molecular complexity index is 809. The summed E-state index contributed by atoms with van der Waals surface area (Å²) in [4.78, 5) is 36.4. The summed E-state index contributed by atoms with van der Waals surface area (Å²) < 4.78 is 7.06. The molecule has 0 atom stereocenters. The van der Waals surface area contributed by atoms with Gasteiger partial charge in [-0.3, -0.25) is 9.59 Å². The molecule has 0 unspecified atom stereocenters. The number of ether oxygens (including phenoxy) is 1. The molecule has 0 saturated carbocycles. The van der Waals surface area contributed by atoms with Crippen LogP contribution in [0.5, 0.6) is 0 Å². The molecule has 1 N–H and O–H groups in total. The molecular formula is C18H24N6O3. The molecule has 0 spiro atoms. The fraction of sp³-hybridized carbons (Fsp3) is 0.444. The number of rotatable bonds is 5. The highest BCUT2D eigenvalue weighted by molar-refractivity contribution is 5.96. The van der Waals surface area contributed by atoms with Crippen LogP contribution >= 0.6 is 0 Å². The molecule has 2 aromatic heterocycles. The van der Waals surface area contributed by atoms with E-state index in [4.69, 9.17) is 4.74 Å². The van der Waals surface area contributed by atoms with Gasteiger partial charge in [0.25, 0.3) is 5.91 Å². The predicted molar refractivity (Wildman–Crippen MR) is 100 cm³/mol. The van der Waals surface area contributed by atoms with E-state index in [1.54, 1.807) is 44.2 Å². The third-order valence-electron chi connectivity index (χ3n) is 4.40. The number of nitrogens with one attached hydrogen (secondary N) is 1. The lowest BCUT2D eigenvalue weighted by atomic mass is 10.2. The highest BCUT2D eigenvalue weighted by Crippen LogP contribution is 2.22. The van der Waals surface area contributed by atoms with Gasteiger partial charge in [-0.1, -0.05) is 0 Å². The highest BCUT2D eigenvalue weighted by Gasteiger charge is 2.16. The normalized spacial score (nSPS) is 14.1. The van der Waals surface area contributed by atoms with Crippen LogP contribution in [0.25, 0.3) is 11.1 Å². The van der Waals surface area contributed by atoms with E-state index in [0.29, 0.717) is 24.9 Å². The van der Waals surface area contributed by atoms with Crippen molar-refractivity contribution < 1.29 is 14.3 Å². The van der Waals surface area contributed by atoms with Crippen LogP contribution in [0.1, 0.15) is 10.5 Å². The number of hydrogen-bond acceptors (Lipinski definition) is 6. The maximum absolute atomic E-state index is 12.3. The van der Waals surface area contributed by atoms with Crippen molar-refractivity contribution in [3.05, 3.63) is 30.4 Å². The average molecular weight is 372 g/mol. The van der Waals surface area contributed by atoms with E-state index < -0.39 is 0 Å². The van der Waals surface area contributed by atoms with Gasteiger partial charge in [-0.05, 0) is 6.07 Å². The third kappa shape index (κ3) is 4.43. The Kier molecular flexibility index (Phi) is 5.70. The number of hydrogen-bond donors (Lipinski definition) is 1. The highest BCUT2D eigenvalue weighted by atomic mass is 16.5. The maximum atomic E-state index is 12.3. The van der Waals surface area contributed by atoms with Crippen molar-refractivity contribution in [2.75, 3.05) is 51.8 Å². The fourth-order valence-electron chi connectivity index (χ4n) is 2.75. The van der Waals surface area contributed by atoms with E-state index in [-0.39, 0.29) is 18.4 Å². The lowest BCUT2D eigenvalue weighted by Gasteiger charge is -2.26. The van der Waals surface area contributed by atoms with Crippen molar-refractivity contribution in [3.63, 3.8) is 0 Å². The second-order valence-corrected chi connectivity index (χ2v) is 6.57. The van der Waals surface area contributed by atoms with Crippen molar-refractivity contribution in [2.45, 2.75) is 0 Å². The molecule has 0 bridgehead atoms. The molecule has 1 aliphatic heterocycles. The summed E-state index contributed by atoms with van der Waals surface area (Å²) in [7, 11) is 5.08. The number of amides is 2. The minimum Gasteiger partial charge on any atom is -0.378 e. The number of likely N-dealkylation sites (N-methyl/N-ethyl adjacent to an activating group) is 1. The summed E-state index contributed by atoms with van der Waals surface area (Å²) in [5, 5.41) is 2.64. The molecule has 3 rings (SSSR count). The lowest BCUT2D eigenvalue weighted by Crippen LogP contribution is -2.37. The second kappa shape index (κ2) is 8.17. The first-order valence-corrected chi connectivity index (χ1v) is 8.75. The summed E-state index contributed by atoms with van der Waals surface area (Å²) in [6.07, 6.45) is 5.35. The summed E-state index contributed by atoms with van der Waals surface area (Å²) in [5.41, 5.74) is 2.13. The summed E-state index contributed by atoms with van der Waals surface area (Å²) in [6.45, 7) is 2.88. The molecular weight excluding hydrogens is 348 g/mol. The zero-order valence-electron chi connectivity index (χ0n) is 15.8. The topological polar surface area (TPSA) is 92.6 Å². The number of anilines is 1. The molecule has 3 heterocycles. The van der Waals surface area contributed by atoms with Crippen LogP contribution in [0, 0.1) is 0 Å². The van der Waals surface area contributed by atoms with Gasteiger partial charge in [0.2, 0.25) is 11.9 Å². The molecule has 9 heteroatoms. The second-order valence-electron chi connectivity index (χ2n) is 6.57. The zero-order valence-corrected chi connectivity index (χ0v) is 15.8. The van der Waals surface area contributed by atoms with Gasteiger partial charge < -0.3 is 24.4 Å². The minimum absolute atomic E-state index is 0.0380. The van der Waals surface area contributed by atoms with Crippen molar-refractivity contribution in [3.8, 4) is 11.1 Å². The Morgan fingerprint density at radius 1 is 1.19 bits per heavy atom. The van der Waals surface area contributed by atoms with Crippen molar-refractivity contribution >= 4 is 17.8 Å². The zero-order chi connectivity index (χ0) is 19.4. The van der Waals surface area contributed by atoms with E-state index in [0.717, 1.165) is 24.2 Å². The molecule has 0 aromatic carbocycles. The Hall–Kier alpha value is -2.94. The molecule has 0 radical (unpaired) electrons. The molecule has 1 fully saturated rings. The molecule has 144 valence electrons. The number of aryl methyl sites for hydroxylation is 1. The lowest BCUT2D eigenvalue weighted by molar-refractivity contribution is -0.127. The number of morpholine rings is 1. The molecule has 2 aromatic rings. The van der Waals surface area contributed by atoms with Crippen molar-refractivity contribution in [1.29, 1.82) is 0 Å². The molecule has 2 amide bonds. The summed E-state index contributed by atoms with van der Waals surface area (Å²) >= 11 is 0. The van der Waals surface area contributed by atoms with Crippen LogP contribution in [-0.4, -0.2) is 78.2 Å². The quantitative estimate of drug-likeness (QED) is 0.802. The smallest absolute Gasteiger partial charge is 0.268 e. The summed E-state index contributed by atoms with van der Waals surface area (Å²) in [5.74, 6) is 0.216. The van der Waals surface area contributed by atoms with Gasteiger partial charge in [0.15, 0.2) is 0 Å². The number of carbonyl (C=O) groups is 2. The first-order chi connectivity index (χ1) is 13.0. The van der Waals surface area contributed by atoms with Gasteiger partial charge in [0, 0.05) is 63.9 Å². The van der Waals surface area contributed by atoms with Gasteiger partial charge in [0.1, 0.15) is 5.69 Å². The first-order valence-electron chi connectivity index (χ1n) is 8.75. The Morgan fingerprint density at radius 2 is 1.85 bits per heavy atom. The predicted octanol–water partition coefficient (Wildman–Crippen LogP) is 0.137. The van der Waals surface area contributed by atoms with Crippen molar-refractivity contribution in [2.24, 2.45) is 7.05 Å². The van der Waals surface area contributed by atoms with Crippen LogP contribution in [-0.2, 0) is 16.6 Å². The molecule has 1 saturated heterocycles. The van der Waals surface area contributed by atoms with Gasteiger partial charge in [-0.15, -0.1) is 0 Å². The average Bonchev–Trinajstić information content (AvgIpc) is 3.08. The van der Waals surface area contributed by atoms with Crippen LogP contribution < -0.4 is 10.2 Å². The van der Waals surface area contributed by atoms with E-state index in [9.17, 15) is 9.59 Å². The fourth-order valence-corrected chi connectivity index (χ4v) is 2.75. The maximum Gasteiger partial charge on any atom is 0.268 e. The number of nitrogens with zero attached hydrogens (tertiary/aromatic N) is 5. The van der Waals surface area contributed by atoms with E-state index in [2.05, 4.69) is 20.2 Å². The molecule has 0 aliphatic carbocycles. The number of aromatic nitrogens is 3. The SMILES string of the molecule is CN(C)C(=O)CNC(=O)c1cc(-c2cnc(N3CCOCC3)nc2)cn1C. The van der Waals surface area contributed by atoms with E-state index in [1.165, 1.54) is 4.90 Å². The largest absolute Gasteiger partial charge is 0.378 e. The van der Waals surface area contributed by atoms with E-state index in [1.807, 2.05) is 6.20 Å². The first kappa shape index (κ1) is 18.8. The summed E-state index contributed by atoms with van der Waals surface area (Å²) in [6, 6.07) is 1.77. The molecule has 27 heavy (non-hydrogen) atoms. The molecule has 9 nitrogen and oxygen atoms in total. The van der Waals surface area contributed by atoms with E-state index >= 15 is 0 Å². The van der Waals surface area contributed by atoms with Gasteiger partial charge in [-0.2, -0.15) is 0 Å². The van der Waals surface area contributed by atoms with Gasteiger partial charge >= 0.3 is 0 Å². The van der Waals surface area contributed by atoms with Crippen LogP contribution in [0.3, 0.4) is 0 Å². The number of carbonyl (C=O) groups excluding carboxylic acids is 2. The Labute approximate surface area is 157 Å². The molecule has 1 aliphatic rings. The van der Waals surface area contributed by atoms with Crippen LogP contribution in [0.15, 0.2) is 24.7 Å². The van der Waals surface area contributed by atoms with Gasteiger partial charge in [0.05, 0.1) is 19.8 Å². The standard InChI is InChI=1S/C18H24N6O3/c1-22(2)16(25)11-19-17(26)15-8-13(12-23(15)3)14-9-20-18(21-10-14)24-4-6-27-7-5-24/h8-10,12H,4-7,11H2,1-3H3,(H,19,26). The Morgan fingerprint density at radius 3 is 2.48 bits per heavy atom. The Balaban J connectivity index is 1.70. The van der Waals surface area contributed by atoms with Crippen molar-refractivity contribution in [1.82, 2.24) is 24.8 Å². The van der Waals surface area contributed by atoms with Gasteiger partial charge in [-0.25, -0.2) is 9.97 Å². The third-order valence-corrected chi connectivity index (χ3v) is 4.40. The van der Waals surface area contributed by atoms with Crippen LogP contribution in [0.4, 0.5) is 5.95 Å². The monoisotopic (exact) mass is 372 g/mol. The minimum atomic E-state index is -0.301. The van der Waals surface area contributed by atoms with Crippen LogP contribution in [0.2, 0.25) is 0 Å².